The van der Waals surface area contributed by atoms with Crippen LogP contribution in [0.1, 0.15) is 63.0 Å². The molecule has 10 nitrogen and oxygen atoms in total. The normalized spacial score (nSPS) is 11.8. The Kier molecular flexibility index (Phi) is 9.03. The van der Waals surface area contributed by atoms with Crippen LogP contribution in [-0.4, -0.2) is 39.7 Å². The fourth-order valence-electron chi connectivity index (χ4n) is 4.42. The van der Waals surface area contributed by atoms with E-state index in [0.29, 0.717) is 46.9 Å². The molecule has 4 rings (SSSR count). The fourth-order valence-corrected chi connectivity index (χ4v) is 5.47. The van der Waals surface area contributed by atoms with E-state index in [0.717, 1.165) is 25.7 Å². The highest BCUT2D eigenvalue weighted by Crippen LogP contribution is 2.30. The Balaban J connectivity index is 1.69. The summed E-state index contributed by atoms with van der Waals surface area (Å²) in [5, 5.41) is 14.2. The van der Waals surface area contributed by atoms with Crippen LogP contribution in [0.5, 0.6) is 11.5 Å². The van der Waals surface area contributed by atoms with E-state index in [2.05, 4.69) is 26.7 Å². The summed E-state index contributed by atoms with van der Waals surface area (Å²) >= 11 is 0. The number of nitrogens with zero attached hydrogens (tertiary/aromatic N) is 3. The van der Waals surface area contributed by atoms with E-state index >= 15 is 0 Å². The lowest BCUT2D eigenvalue weighted by atomic mass is 10.1. The number of phenolic OH excluding ortho intramolecular Hbond substituents is 1. The zero-order valence-electron chi connectivity index (χ0n) is 22.5. The number of imidazole rings is 1. The minimum absolute atomic E-state index is 0.000404. The summed E-state index contributed by atoms with van der Waals surface area (Å²) in [6.45, 7) is 6.17. The molecule has 39 heavy (non-hydrogen) atoms. The number of unbranched alkanes of at least 4 members (excludes halogenated alkanes) is 4. The highest BCUT2D eigenvalue weighted by molar-refractivity contribution is 7.89. The Morgan fingerprint density at radius 1 is 1.05 bits per heavy atom. The minimum Gasteiger partial charge on any atom is -0.508 e. The summed E-state index contributed by atoms with van der Waals surface area (Å²) in [5.41, 5.74) is 1.65. The molecule has 0 aliphatic heterocycles. The Labute approximate surface area is 228 Å². The van der Waals surface area contributed by atoms with Crippen LogP contribution in [0.15, 0.2) is 52.2 Å². The number of H-pyrrole nitrogens is 1. The first-order valence-electron chi connectivity index (χ1n) is 13.3. The number of aromatic nitrogens is 4. The maximum atomic E-state index is 13.1. The number of rotatable bonds is 13. The Bertz CT molecular complexity index is 1590. The third-order valence-corrected chi connectivity index (χ3v) is 7.86. The van der Waals surface area contributed by atoms with E-state index in [9.17, 15) is 18.3 Å². The highest BCUT2D eigenvalue weighted by Gasteiger charge is 2.21. The van der Waals surface area contributed by atoms with Gasteiger partial charge in [0.2, 0.25) is 10.0 Å². The van der Waals surface area contributed by atoms with Crippen molar-refractivity contribution in [3.8, 4) is 22.9 Å². The summed E-state index contributed by atoms with van der Waals surface area (Å²) < 4.78 is 36.2. The number of sulfonamides is 1. The van der Waals surface area contributed by atoms with Gasteiger partial charge < -0.3 is 14.8 Å². The van der Waals surface area contributed by atoms with Gasteiger partial charge in [0, 0.05) is 13.0 Å². The van der Waals surface area contributed by atoms with Crippen molar-refractivity contribution in [3.05, 3.63) is 69.9 Å². The first kappa shape index (κ1) is 28.3. The van der Waals surface area contributed by atoms with Gasteiger partial charge in [0.05, 0.1) is 22.8 Å². The van der Waals surface area contributed by atoms with Crippen molar-refractivity contribution < 1.29 is 18.3 Å². The van der Waals surface area contributed by atoms with Gasteiger partial charge in [-0.1, -0.05) is 44.7 Å². The van der Waals surface area contributed by atoms with E-state index < -0.39 is 10.0 Å². The molecule has 0 radical (unpaired) electrons. The second-order valence-corrected chi connectivity index (χ2v) is 11.2. The lowest BCUT2D eigenvalue weighted by Gasteiger charge is -2.13. The molecular weight excluding hydrogens is 518 g/mol. The van der Waals surface area contributed by atoms with Gasteiger partial charge in [-0.3, -0.25) is 4.79 Å². The molecule has 0 unspecified atom stereocenters. The van der Waals surface area contributed by atoms with Gasteiger partial charge in [-0.15, -0.1) is 5.10 Å². The Morgan fingerprint density at radius 3 is 2.51 bits per heavy atom. The Hall–Kier alpha value is -3.70. The summed E-state index contributed by atoms with van der Waals surface area (Å²) in [6.07, 6.45) is 6.19. The molecule has 2 aromatic heterocycles. The SMILES string of the molecule is CCCCCCCc1nc(C)c2c(=O)[nH]c(-c3cc(S(=O)(=O)NCc4ccc(O)cc4)ccc3OCC)nn12. The van der Waals surface area contributed by atoms with Gasteiger partial charge in [-0.2, -0.15) is 0 Å². The monoisotopic (exact) mass is 553 g/mol. The van der Waals surface area contributed by atoms with Gasteiger partial charge in [-0.05, 0) is 56.2 Å². The van der Waals surface area contributed by atoms with Crippen molar-refractivity contribution in [1.29, 1.82) is 0 Å². The molecule has 0 aliphatic rings. The summed E-state index contributed by atoms with van der Waals surface area (Å²) in [6, 6.07) is 10.7. The number of ether oxygens (including phenoxy) is 1. The zero-order valence-corrected chi connectivity index (χ0v) is 23.3. The number of benzene rings is 2. The second kappa shape index (κ2) is 12.4. The average Bonchev–Trinajstić information content (AvgIpc) is 3.24. The average molecular weight is 554 g/mol. The van der Waals surface area contributed by atoms with Crippen molar-refractivity contribution in [3.63, 3.8) is 0 Å². The van der Waals surface area contributed by atoms with Crippen LogP contribution >= 0.6 is 0 Å². The fraction of sp³-hybridized carbons (Fsp3) is 0.393. The van der Waals surface area contributed by atoms with Gasteiger partial charge in [0.15, 0.2) is 11.3 Å². The molecule has 0 saturated carbocycles. The number of fused-ring (bicyclic) bond motifs is 1. The molecule has 0 bridgehead atoms. The molecule has 2 heterocycles. The van der Waals surface area contributed by atoms with Gasteiger partial charge in [0.1, 0.15) is 17.3 Å². The molecule has 0 amide bonds. The summed E-state index contributed by atoms with van der Waals surface area (Å²) in [7, 11) is -3.91. The van der Waals surface area contributed by atoms with Gasteiger partial charge >= 0.3 is 0 Å². The Morgan fingerprint density at radius 2 is 1.79 bits per heavy atom. The van der Waals surface area contributed by atoms with Crippen LogP contribution in [0.4, 0.5) is 0 Å². The van der Waals surface area contributed by atoms with Crippen LogP contribution in [0.25, 0.3) is 16.9 Å². The first-order valence-corrected chi connectivity index (χ1v) is 14.7. The van der Waals surface area contributed by atoms with Crippen molar-refractivity contribution in [2.24, 2.45) is 0 Å². The maximum absolute atomic E-state index is 13.1. The topological polar surface area (TPSA) is 139 Å². The second-order valence-electron chi connectivity index (χ2n) is 9.42. The molecule has 0 atom stereocenters. The lowest BCUT2D eigenvalue weighted by Crippen LogP contribution is -2.23. The minimum atomic E-state index is -3.91. The van der Waals surface area contributed by atoms with Gasteiger partial charge in [0.25, 0.3) is 5.56 Å². The number of nitrogens with one attached hydrogen (secondary N) is 2. The predicted octanol–water partition coefficient (Wildman–Crippen LogP) is 4.49. The number of hydrogen-bond donors (Lipinski definition) is 3. The third kappa shape index (κ3) is 6.66. The molecule has 4 aromatic rings. The molecule has 0 aliphatic carbocycles. The van der Waals surface area contributed by atoms with Crippen molar-refractivity contribution in [2.45, 2.75) is 70.7 Å². The number of aryl methyl sites for hydroxylation is 2. The molecule has 3 N–H and O–H groups in total. The van der Waals surface area contributed by atoms with E-state index in [1.807, 2.05) is 6.92 Å². The maximum Gasteiger partial charge on any atom is 0.277 e. The van der Waals surface area contributed by atoms with Crippen LogP contribution in [0.2, 0.25) is 0 Å². The highest BCUT2D eigenvalue weighted by atomic mass is 32.2. The van der Waals surface area contributed by atoms with Crippen LogP contribution < -0.4 is 15.0 Å². The smallest absolute Gasteiger partial charge is 0.277 e. The molecule has 0 spiro atoms. The molecule has 2 aromatic carbocycles. The molecule has 11 heteroatoms. The van der Waals surface area contributed by atoms with Crippen LogP contribution in [-0.2, 0) is 23.0 Å². The number of hydrogen-bond acceptors (Lipinski definition) is 7. The summed E-state index contributed by atoms with van der Waals surface area (Å²) in [5.74, 6) is 1.39. The molecule has 208 valence electrons. The van der Waals surface area contributed by atoms with Crippen molar-refractivity contribution in [2.75, 3.05) is 6.61 Å². The number of aromatic hydroxyl groups is 1. The van der Waals surface area contributed by atoms with Crippen LogP contribution in [0, 0.1) is 6.92 Å². The van der Waals surface area contributed by atoms with E-state index in [1.165, 1.54) is 30.7 Å². The standard InChI is InChI=1S/C28H35N5O5S/c1-4-6-7-8-9-10-25-30-19(3)26-28(35)31-27(32-33(25)26)23-17-22(15-16-24(23)38-5-2)39(36,37)29-18-20-11-13-21(34)14-12-20/h11-17,29,34H,4-10,18H2,1-3H3,(H,31,32,35). The van der Waals surface area contributed by atoms with Crippen molar-refractivity contribution >= 4 is 15.5 Å². The predicted molar refractivity (Wildman–Crippen MR) is 150 cm³/mol. The van der Waals surface area contributed by atoms with Crippen molar-refractivity contribution in [1.82, 2.24) is 24.3 Å². The van der Waals surface area contributed by atoms with Gasteiger partial charge in [-0.25, -0.2) is 22.6 Å². The quantitative estimate of drug-likeness (QED) is 0.207. The van der Waals surface area contributed by atoms with E-state index in [-0.39, 0.29) is 28.6 Å². The van der Waals surface area contributed by atoms with Crippen LogP contribution in [0.3, 0.4) is 0 Å². The molecular formula is C28H35N5O5S. The molecule has 0 saturated heterocycles. The third-order valence-electron chi connectivity index (χ3n) is 6.47. The zero-order chi connectivity index (χ0) is 28.0. The van der Waals surface area contributed by atoms with E-state index in [1.54, 1.807) is 29.6 Å². The molecule has 0 fully saturated rings. The largest absolute Gasteiger partial charge is 0.508 e. The lowest BCUT2D eigenvalue weighted by molar-refractivity contribution is 0.341. The summed E-state index contributed by atoms with van der Waals surface area (Å²) in [4.78, 5) is 20.5. The number of aromatic amines is 1. The van der Waals surface area contributed by atoms with E-state index in [4.69, 9.17) is 4.74 Å². The first-order chi connectivity index (χ1) is 18.7. The number of phenols is 1.